The highest BCUT2D eigenvalue weighted by Gasteiger charge is 2.20. The smallest absolute Gasteiger partial charge is 0.267 e. The van der Waals surface area contributed by atoms with Crippen molar-refractivity contribution in [2.45, 2.75) is 46.6 Å². The van der Waals surface area contributed by atoms with Crippen LogP contribution in [0.1, 0.15) is 47.1 Å². The van der Waals surface area contributed by atoms with Gasteiger partial charge in [0, 0.05) is 11.9 Å². The van der Waals surface area contributed by atoms with Gasteiger partial charge in [-0.25, -0.2) is 9.97 Å². The first-order valence-corrected chi connectivity index (χ1v) is 9.93. The number of rotatable bonds is 6. The largest absolute Gasteiger partial charge is 0.299 e. The number of hydrogen-bond acceptors (Lipinski definition) is 6. The Labute approximate surface area is 153 Å². The molecule has 0 aromatic carbocycles. The van der Waals surface area contributed by atoms with Crippen LogP contribution >= 0.6 is 22.7 Å². The molecule has 0 fully saturated rings. The number of aryl methyl sites for hydroxylation is 3. The van der Waals surface area contributed by atoms with Crippen LogP contribution in [-0.4, -0.2) is 20.4 Å². The molecule has 0 radical (unpaired) electrons. The summed E-state index contributed by atoms with van der Waals surface area (Å²) in [5, 5.41) is 5.78. The summed E-state index contributed by atoms with van der Waals surface area (Å²) >= 11 is 2.63. The molecule has 8 heteroatoms. The number of hydrogen-bond donors (Lipinski definition) is 1. The molecule has 0 aliphatic rings. The third-order valence-electron chi connectivity index (χ3n) is 3.97. The summed E-state index contributed by atoms with van der Waals surface area (Å²) in [6.45, 7) is 6.47. The average molecular weight is 377 g/mol. The number of amides is 1. The van der Waals surface area contributed by atoms with Crippen LogP contribution in [0.25, 0.3) is 10.2 Å². The van der Waals surface area contributed by atoms with E-state index in [-0.39, 0.29) is 11.5 Å². The number of nitrogens with one attached hydrogen (secondary N) is 1. The molecule has 132 valence electrons. The fourth-order valence-electron chi connectivity index (χ4n) is 2.63. The van der Waals surface area contributed by atoms with Gasteiger partial charge in [0.2, 0.25) is 0 Å². The Morgan fingerprint density at radius 1 is 1.32 bits per heavy atom. The number of aromatic nitrogens is 3. The molecule has 3 rings (SSSR count). The monoisotopic (exact) mass is 376 g/mol. The molecule has 0 atom stereocenters. The fraction of sp³-hybridized carbons (Fsp3) is 0.412. The topological polar surface area (TPSA) is 76.9 Å². The Bertz CT molecular complexity index is 971. The fourth-order valence-corrected chi connectivity index (χ4v) is 4.35. The molecule has 0 bridgehead atoms. The molecule has 25 heavy (non-hydrogen) atoms. The summed E-state index contributed by atoms with van der Waals surface area (Å²) in [6, 6.07) is 0. The van der Waals surface area contributed by atoms with Crippen molar-refractivity contribution in [3.8, 4) is 0 Å². The number of carbonyl (C=O) groups is 1. The van der Waals surface area contributed by atoms with Gasteiger partial charge in [0.1, 0.15) is 4.83 Å². The molecule has 0 aliphatic carbocycles. The van der Waals surface area contributed by atoms with E-state index < -0.39 is 0 Å². The van der Waals surface area contributed by atoms with E-state index in [9.17, 15) is 9.59 Å². The molecular weight excluding hydrogens is 356 g/mol. The maximum Gasteiger partial charge on any atom is 0.267 e. The van der Waals surface area contributed by atoms with Crippen molar-refractivity contribution in [2.24, 2.45) is 0 Å². The highest BCUT2D eigenvalue weighted by Crippen LogP contribution is 2.28. The predicted octanol–water partition coefficient (Wildman–Crippen LogP) is 3.97. The quantitative estimate of drug-likeness (QED) is 0.660. The van der Waals surface area contributed by atoms with E-state index in [2.05, 4.69) is 22.2 Å². The van der Waals surface area contributed by atoms with Gasteiger partial charge in [0.25, 0.3) is 11.5 Å². The molecule has 3 heterocycles. The molecular formula is C17H20N4O2S2. The molecule has 6 nitrogen and oxygen atoms in total. The van der Waals surface area contributed by atoms with Crippen molar-refractivity contribution in [3.05, 3.63) is 38.2 Å². The van der Waals surface area contributed by atoms with Gasteiger partial charge in [-0.3, -0.25) is 19.5 Å². The lowest BCUT2D eigenvalue weighted by Crippen LogP contribution is -2.20. The van der Waals surface area contributed by atoms with E-state index in [1.165, 1.54) is 22.7 Å². The van der Waals surface area contributed by atoms with E-state index in [1.54, 1.807) is 17.8 Å². The zero-order chi connectivity index (χ0) is 18.0. The van der Waals surface area contributed by atoms with E-state index in [0.717, 1.165) is 25.0 Å². The third kappa shape index (κ3) is 3.64. The van der Waals surface area contributed by atoms with Crippen LogP contribution in [0.15, 0.2) is 16.5 Å². The Morgan fingerprint density at radius 2 is 2.12 bits per heavy atom. The lowest BCUT2D eigenvalue weighted by Gasteiger charge is -2.04. The minimum atomic E-state index is -0.244. The molecule has 1 amide bonds. The molecule has 0 saturated carbocycles. The normalized spacial score (nSPS) is 11.2. The molecule has 0 saturated heterocycles. The Morgan fingerprint density at radius 3 is 2.80 bits per heavy atom. The number of unbranched alkanes of at least 4 members (excludes halogenated alkanes) is 2. The Hall–Kier alpha value is -2.06. The standard InChI is InChI=1S/C17H20N4O2S2/c1-4-5-6-7-21-9-18-15-12(16(21)23)11(3)13(25-15)14(22)20-17-19-10(2)8-24-17/h8-9H,4-7H2,1-3H3,(H,19,20,22). The number of thiazole rings is 1. The summed E-state index contributed by atoms with van der Waals surface area (Å²) in [6.07, 6.45) is 4.71. The van der Waals surface area contributed by atoms with Crippen LogP contribution in [-0.2, 0) is 6.54 Å². The van der Waals surface area contributed by atoms with Crippen LogP contribution < -0.4 is 10.9 Å². The molecule has 0 unspecified atom stereocenters. The summed E-state index contributed by atoms with van der Waals surface area (Å²) in [5.41, 5.74) is 1.48. The summed E-state index contributed by atoms with van der Waals surface area (Å²) in [7, 11) is 0. The van der Waals surface area contributed by atoms with Crippen molar-refractivity contribution in [1.29, 1.82) is 0 Å². The second-order valence-electron chi connectivity index (χ2n) is 5.93. The molecule has 1 N–H and O–H groups in total. The zero-order valence-corrected chi connectivity index (χ0v) is 16.1. The first-order chi connectivity index (χ1) is 12.0. The van der Waals surface area contributed by atoms with E-state index in [4.69, 9.17) is 0 Å². The SMILES string of the molecule is CCCCCn1cnc2sc(C(=O)Nc3nc(C)cs3)c(C)c2c1=O. The van der Waals surface area contributed by atoms with Gasteiger partial charge in [0.05, 0.1) is 22.3 Å². The lowest BCUT2D eigenvalue weighted by molar-refractivity contribution is 0.103. The van der Waals surface area contributed by atoms with Gasteiger partial charge in [-0.05, 0) is 25.8 Å². The summed E-state index contributed by atoms with van der Waals surface area (Å²) < 4.78 is 1.64. The predicted molar refractivity (Wildman–Crippen MR) is 103 cm³/mol. The van der Waals surface area contributed by atoms with Gasteiger partial charge in [-0.2, -0.15) is 0 Å². The lowest BCUT2D eigenvalue weighted by atomic mass is 10.2. The van der Waals surface area contributed by atoms with Crippen molar-refractivity contribution in [2.75, 3.05) is 5.32 Å². The zero-order valence-electron chi connectivity index (χ0n) is 14.5. The van der Waals surface area contributed by atoms with Gasteiger partial charge in [-0.1, -0.05) is 19.8 Å². The maximum atomic E-state index is 12.7. The number of fused-ring (bicyclic) bond motifs is 1. The van der Waals surface area contributed by atoms with Gasteiger partial charge in [0.15, 0.2) is 5.13 Å². The molecule has 3 aromatic rings. The van der Waals surface area contributed by atoms with E-state index in [1.807, 2.05) is 12.3 Å². The molecule has 3 aromatic heterocycles. The minimum absolute atomic E-state index is 0.0704. The van der Waals surface area contributed by atoms with Crippen LogP contribution in [0.4, 0.5) is 5.13 Å². The molecule has 0 spiro atoms. The van der Waals surface area contributed by atoms with E-state index >= 15 is 0 Å². The van der Waals surface area contributed by atoms with Crippen molar-refractivity contribution < 1.29 is 4.79 Å². The highest BCUT2D eigenvalue weighted by molar-refractivity contribution is 7.21. The summed E-state index contributed by atoms with van der Waals surface area (Å²) in [4.78, 5) is 35.0. The highest BCUT2D eigenvalue weighted by atomic mass is 32.1. The van der Waals surface area contributed by atoms with E-state index in [0.29, 0.717) is 32.3 Å². The first-order valence-electron chi connectivity index (χ1n) is 8.23. The van der Waals surface area contributed by atoms with Crippen molar-refractivity contribution in [1.82, 2.24) is 14.5 Å². The van der Waals surface area contributed by atoms with Crippen LogP contribution in [0.2, 0.25) is 0 Å². The summed E-state index contributed by atoms with van der Waals surface area (Å²) in [5.74, 6) is -0.244. The van der Waals surface area contributed by atoms with Crippen molar-refractivity contribution in [3.63, 3.8) is 0 Å². The second-order valence-corrected chi connectivity index (χ2v) is 7.79. The van der Waals surface area contributed by atoms with Crippen LogP contribution in [0.3, 0.4) is 0 Å². The molecule has 0 aliphatic heterocycles. The number of thiophene rings is 1. The van der Waals surface area contributed by atoms with Crippen LogP contribution in [0.5, 0.6) is 0 Å². The van der Waals surface area contributed by atoms with Crippen molar-refractivity contribution >= 4 is 43.9 Å². The van der Waals surface area contributed by atoms with Crippen LogP contribution in [0, 0.1) is 13.8 Å². The number of nitrogens with zero attached hydrogens (tertiary/aromatic N) is 3. The van der Waals surface area contributed by atoms with Gasteiger partial charge < -0.3 is 0 Å². The number of carbonyl (C=O) groups excluding carboxylic acids is 1. The maximum absolute atomic E-state index is 12.7. The van der Waals surface area contributed by atoms with Gasteiger partial charge >= 0.3 is 0 Å². The second kappa shape index (κ2) is 7.45. The third-order valence-corrected chi connectivity index (χ3v) is 6.04. The van der Waals surface area contributed by atoms with Gasteiger partial charge in [-0.15, -0.1) is 22.7 Å². The number of anilines is 1. The Balaban J connectivity index is 1.92. The Kier molecular flexibility index (Phi) is 5.29. The average Bonchev–Trinajstić information content (AvgIpc) is 3.13. The first kappa shape index (κ1) is 17.8. The minimum Gasteiger partial charge on any atom is -0.299 e.